The highest BCUT2D eigenvalue weighted by molar-refractivity contribution is 7.92. The van der Waals surface area contributed by atoms with Gasteiger partial charge in [-0.15, -0.1) is 0 Å². The van der Waals surface area contributed by atoms with Crippen molar-refractivity contribution in [3.05, 3.63) is 66.0 Å². The summed E-state index contributed by atoms with van der Waals surface area (Å²) in [6, 6.07) is 14.7. The molecule has 0 radical (unpaired) electrons. The number of anilines is 1. The van der Waals surface area contributed by atoms with Crippen molar-refractivity contribution in [2.75, 3.05) is 10.6 Å². The predicted molar refractivity (Wildman–Crippen MR) is 73.9 cm³/mol. The maximum Gasteiger partial charge on any atom is 0.232 e. The minimum absolute atomic E-state index is 0.112. The molecule has 2 aromatic rings. The topological polar surface area (TPSA) is 37.4 Å². The molecule has 0 spiro atoms. The number of rotatable bonds is 4. The van der Waals surface area contributed by atoms with Crippen molar-refractivity contribution in [3.8, 4) is 0 Å². The molecule has 0 bridgehead atoms. The Hall–Kier alpha value is -1.88. The molecule has 0 saturated carbocycles. The van der Waals surface area contributed by atoms with Crippen molar-refractivity contribution >= 4 is 15.7 Å². The average Bonchev–Trinajstić information content (AvgIpc) is 2.36. The van der Waals surface area contributed by atoms with Crippen molar-refractivity contribution in [2.24, 2.45) is 0 Å². The zero-order chi connectivity index (χ0) is 13.9. The summed E-state index contributed by atoms with van der Waals surface area (Å²) in [6.07, 6.45) is 1.14. The molecule has 3 nitrogen and oxygen atoms in total. The Labute approximate surface area is 112 Å². The van der Waals surface area contributed by atoms with Crippen molar-refractivity contribution in [3.63, 3.8) is 0 Å². The standard InChI is InChI=1S/C14H14FNO2S/c1-19(17,18)16(14-8-3-2-4-9-14)11-12-6-5-7-13(15)10-12/h2-10H,11H2,1H3. The van der Waals surface area contributed by atoms with Gasteiger partial charge in [-0.05, 0) is 29.8 Å². The van der Waals surface area contributed by atoms with Gasteiger partial charge in [0, 0.05) is 0 Å². The summed E-state index contributed by atoms with van der Waals surface area (Å²) >= 11 is 0. The number of benzene rings is 2. The van der Waals surface area contributed by atoms with E-state index in [1.54, 1.807) is 36.4 Å². The number of hydrogen-bond donors (Lipinski definition) is 0. The van der Waals surface area contributed by atoms with Crippen molar-refractivity contribution in [2.45, 2.75) is 6.54 Å². The van der Waals surface area contributed by atoms with Gasteiger partial charge in [0.05, 0.1) is 18.5 Å². The second-order valence-electron chi connectivity index (χ2n) is 4.24. The molecule has 0 atom stereocenters. The molecule has 0 unspecified atom stereocenters. The minimum Gasteiger partial charge on any atom is -0.266 e. The van der Waals surface area contributed by atoms with E-state index in [2.05, 4.69) is 0 Å². The Bertz CT molecular complexity index is 656. The van der Waals surface area contributed by atoms with Crippen LogP contribution in [0.15, 0.2) is 54.6 Å². The first-order valence-electron chi connectivity index (χ1n) is 5.74. The molecule has 0 aliphatic rings. The van der Waals surface area contributed by atoms with Gasteiger partial charge in [0.2, 0.25) is 10.0 Å². The molecule has 0 fully saturated rings. The largest absolute Gasteiger partial charge is 0.266 e. The van der Waals surface area contributed by atoms with Gasteiger partial charge in [0.15, 0.2) is 0 Å². The van der Waals surface area contributed by atoms with Gasteiger partial charge >= 0.3 is 0 Å². The van der Waals surface area contributed by atoms with Gasteiger partial charge in [-0.1, -0.05) is 30.3 Å². The molecule has 100 valence electrons. The predicted octanol–water partition coefficient (Wildman–Crippen LogP) is 2.79. The highest BCUT2D eigenvalue weighted by Gasteiger charge is 2.17. The third-order valence-electron chi connectivity index (χ3n) is 2.66. The fraction of sp³-hybridized carbons (Fsp3) is 0.143. The van der Waals surface area contributed by atoms with Gasteiger partial charge in [0.25, 0.3) is 0 Å². The van der Waals surface area contributed by atoms with Crippen molar-refractivity contribution < 1.29 is 12.8 Å². The monoisotopic (exact) mass is 279 g/mol. The van der Waals surface area contributed by atoms with Crippen LogP contribution in [0.1, 0.15) is 5.56 Å². The molecule has 0 aliphatic heterocycles. The number of hydrogen-bond acceptors (Lipinski definition) is 2. The Morgan fingerprint density at radius 3 is 2.32 bits per heavy atom. The van der Waals surface area contributed by atoms with Crippen LogP contribution in [0.5, 0.6) is 0 Å². The van der Waals surface area contributed by atoms with Crippen LogP contribution in [-0.4, -0.2) is 14.7 Å². The fourth-order valence-electron chi connectivity index (χ4n) is 1.80. The van der Waals surface area contributed by atoms with E-state index in [1.807, 2.05) is 6.07 Å². The second kappa shape index (κ2) is 5.40. The summed E-state index contributed by atoms with van der Waals surface area (Å²) < 4.78 is 38.1. The van der Waals surface area contributed by atoms with E-state index in [0.717, 1.165) is 6.26 Å². The lowest BCUT2D eigenvalue weighted by Gasteiger charge is -2.22. The number of para-hydroxylation sites is 1. The van der Waals surface area contributed by atoms with Crippen LogP contribution in [0, 0.1) is 5.82 Å². The zero-order valence-corrected chi connectivity index (χ0v) is 11.3. The van der Waals surface area contributed by atoms with E-state index in [9.17, 15) is 12.8 Å². The van der Waals surface area contributed by atoms with E-state index in [-0.39, 0.29) is 12.4 Å². The van der Waals surface area contributed by atoms with E-state index in [0.29, 0.717) is 11.3 Å². The van der Waals surface area contributed by atoms with E-state index in [4.69, 9.17) is 0 Å². The number of halogens is 1. The molecular weight excluding hydrogens is 265 g/mol. The molecule has 0 N–H and O–H groups in total. The second-order valence-corrected chi connectivity index (χ2v) is 6.14. The molecule has 0 aliphatic carbocycles. The van der Waals surface area contributed by atoms with Crippen LogP contribution in [-0.2, 0) is 16.6 Å². The molecule has 0 amide bonds. The quantitative estimate of drug-likeness (QED) is 0.863. The summed E-state index contributed by atoms with van der Waals surface area (Å²) in [6.45, 7) is 0.112. The van der Waals surface area contributed by atoms with Crippen LogP contribution < -0.4 is 4.31 Å². The molecule has 0 aromatic heterocycles. The SMILES string of the molecule is CS(=O)(=O)N(Cc1cccc(F)c1)c1ccccc1. The first-order chi connectivity index (χ1) is 8.97. The van der Waals surface area contributed by atoms with Crippen LogP contribution in [0.3, 0.4) is 0 Å². The molecule has 5 heteroatoms. The molecule has 2 rings (SSSR count). The Kier molecular flexibility index (Phi) is 3.85. The molecule has 19 heavy (non-hydrogen) atoms. The normalized spacial score (nSPS) is 11.3. The maximum atomic E-state index is 13.1. The van der Waals surface area contributed by atoms with Gasteiger partial charge in [-0.25, -0.2) is 12.8 Å². The van der Waals surface area contributed by atoms with Gasteiger partial charge < -0.3 is 0 Å². The minimum atomic E-state index is -3.42. The first kappa shape index (κ1) is 13.5. The lowest BCUT2D eigenvalue weighted by Crippen LogP contribution is -2.29. The lowest BCUT2D eigenvalue weighted by atomic mass is 10.2. The van der Waals surface area contributed by atoms with E-state index < -0.39 is 10.0 Å². The highest BCUT2D eigenvalue weighted by atomic mass is 32.2. The van der Waals surface area contributed by atoms with Gasteiger partial charge in [0.1, 0.15) is 5.82 Å². The van der Waals surface area contributed by atoms with Crippen LogP contribution in [0.25, 0.3) is 0 Å². The third kappa shape index (κ3) is 3.54. The fourth-order valence-corrected chi connectivity index (χ4v) is 2.68. The summed E-state index contributed by atoms with van der Waals surface area (Å²) in [7, 11) is -3.42. The molecule has 0 heterocycles. The maximum absolute atomic E-state index is 13.1. The lowest BCUT2D eigenvalue weighted by molar-refractivity contribution is 0.595. The summed E-state index contributed by atoms with van der Waals surface area (Å²) in [5, 5.41) is 0. The molecule has 0 saturated heterocycles. The Balaban J connectivity index is 2.36. The van der Waals surface area contributed by atoms with Crippen molar-refractivity contribution in [1.29, 1.82) is 0 Å². The number of sulfonamides is 1. The average molecular weight is 279 g/mol. The zero-order valence-electron chi connectivity index (χ0n) is 10.5. The van der Waals surface area contributed by atoms with E-state index >= 15 is 0 Å². The molecule has 2 aromatic carbocycles. The van der Waals surface area contributed by atoms with Gasteiger partial charge in [-0.2, -0.15) is 0 Å². The van der Waals surface area contributed by atoms with Gasteiger partial charge in [-0.3, -0.25) is 4.31 Å². The first-order valence-corrected chi connectivity index (χ1v) is 7.59. The highest BCUT2D eigenvalue weighted by Crippen LogP contribution is 2.20. The van der Waals surface area contributed by atoms with Crippen LogP contribution in [0.2, 0.25) is 0 Å². The van der Waals surface area contributed by atoms with Crippen LogP contribution in [0.4, 0.5) is 10.1 Å². The van der Waals surface area contributed by atoms with Crippen LogP contribution >= 0.6 is 0 Å². The Morgan fingerprint density at radius 1 is 1.05 bits per heavy atom. The number of nitrogens with zero attached hydrogens (tertiary/aromatic N) is 1. The Morgan fingerprint density at radius 2 is 1.74 bits per heavy atom. The van der Waals surface area contributed by atoms with E-state index in [1.165, 1.54) is 16.4 Å². The van der Waals surface area contributed by atoms with Crippen molar-refractivity contribution in [1.82, 2.24) is 0 Å². The smallest absolute Gasteiger partial charge is 0.232 e. The summed E-state index contributed by atoms with van der Waals surface area (Å²) in [5.41, 5.74) is 1.17. The third-order valence-corrected chi connectivity index (χ3v) is 3.80. The summed E-state index contributed by atoms with van der Waals surface area (Å²) in [5.74, 6) is -0.376. The summed E-state index contributed by atoms with van der Waals surface area (Å²) in [4.78, 5) is 0. The molecular formula is C14H14FNO2S.